The van der Waals surface area contributed by atoms with Crippen LogP contribution >= 0.6 is 11.6 Å². The fourth-order valence-corrected chi connectivity index (χ4v) is 3.34. The minimum atomic E-state index is -0.401. The molecular formula is C18H18ClN3O. The number of hydrogen-bond acceptors (Lipinski definition) is 4. The van der Waals surface area contributed by atoms with Gasteiger partial charge < -0.3 is 4.74 Å². The number of benzene rings is 2. The van der Waals surface area contributed by atoms with E-state index in [0.29, 0.717) is 13.2 Å². The number of nitrogens with zero attached hydrogens (tertiary/aromatic N) is 2. The van der Waals surface area contributed by atoms with E-state index in [-0.39, 0.29) is 6.10 Å². The molecule has 2 unspecified atom stereocenters. The molecule has 118 valence electrons. The summed E-state index contributed by atoms with van der Waals surface area (Å²) in [7, 11) is 0. The third-order valence-corrected chi connectivity index (χ3v) is 4.76. The van der Waals surface area contributed by atoms with E-state index in [1.165, 1.54) is 5.56 Å². The molecule has 0 saturated carbocycles. The average Bonchev–Trinajstić information content (AvgIpc) is 3.02. The van der Waals surface area contributed by atoms with Crippen LogP contribution in [0.1, 0.15) is 22.8 Å². The van der Waals surface area contributed by atoms with Crippen LogP contribution in [0.4, 0.5) is 0 Å². The summed E-state index contributed by atoms with van der Waals surface area (Å²) < 4.78 is 6.23. The highest BCUT2D eigenvalue weighted by atomic mass is 35.5. The fourth-order valence-electron chi connectivity index (χ4n) is 3.11. The van der Waals surface area contributed by atoms with Gasteiger partial charge in [0.2, 0.25) is 0 Å². The normalized spacial score (nSPS) is 25.8. The Bertz CT molecular complexity index is 746. The van der Waals surface area contributed by atoms with Gasteiger partial charge in [-0.2, -0.15) is 0 Å². The van der Waals surface area contributed by atoms with Crippen LogP contribution in [0.25, 0.3) is 0 Å². The number of rotatable bonds is 4. The van der Waals surface area contributed by atoms with E-state index < -0.39 is 5.60 Å². The summed E-state index contributed by atoms with van der Waals surface area (Å²) in [5.41, 5.74) is 6.25. The zero-order chi connectivity index (χ0) is 15.9. The first-order valence-electron chi connectivity index (χ1n) is 7.68. The molecule has 2 aromatic rings. The van der Waals surface area contributed by atoms with E-state index >= 15 is 0 Å². The number of ether oxygens (including phenoxy) is 1. The zero-order valence-corrected chi connectivity index (χ0v) is 13.6. The summed E-state index contributed by atoms with van der Waals surface area (Å²) in [4.78, 5) is 4.21. The Morgan fingerprint density at radius 2 is 2.04 bits per heavy atom. The monoisotopic (exact) mass is 327 g/mol. The van der Waals surface area contributed by atoms with E-state index in [4.69, 9.17) is 16.3 Å². The predicted octanol–water partition coefficient (Wildman–Crippen LogP) is 3.42. The lowest BCUT2D eigenvalue weighted by atomic mass is 9.91. The van der Waals surface area contributed by atoms with Crippen LogP contribution in [0.3, 0.4) is 0 Å². The predicted molar refractivity (Wildman–Crippen MR) is 91.3 cm³/mol. The molecule has 5 heteroatoms. The van der Waals surface area contributed by atoms with Crippen molar-refractivity contribution in [2.24, 2.45) is 4.99 Å². The number of hydrogen-bond donors (Lipinski definition) is 1. The number of aliphatic imine (C=N–C) groups is 1. The van der Waals surface area contributed by atoms with E-state index in [1.807, 2.05) is 35.6 Å². The van der Waals surface area contributed by atoms with Gasteiger partial charge in [-0.15, -0.1) is 0 Å². The Hall–Kier alpha value is -1.88. The van der Waals surface area contributed by atoms with Crippen molar-refractivity contribution in [3.05, 3.63) is 70.2 Å². The van der Waals surface area contributed by atoms with Crippen molar-refractivity contribution in [1.29, 1.82) is 0 Å². The van der Waals surface area contributed by atoms with Crippen molar-refractivity contribution in [2.75, 3.05) is 13.2 Å². The third kappa shape index (κ3) is 2.63. The molecule has 2 heterocycles. The first kappa shape index (κ1) is 14.7. The van der Waals surface area contributed by atoms with Crippen LogP contribution in [-0.2, 0) is 10.3 Å². The van der Waals surface area contributed by atoms with Crippen molar-refractivity contribution < 1.29 is 4.74 Å². The smallest absolute Gasteiger partial charge is 0.143 e. The quantitative estimate of drug-likeness (QED) is 0.875. The molecule has 2 atom stereocenters. The van der Waals surface area contributed by atoms with Crippen molar-refractivity contribution in [2.45, 2.75) is 18.6 Å². The Morgan fingerprint density at radius 1 is 1.26 bits per heavy atom. The molecule has 23 heavy (non-hydrogen) atoms. The first-order valence-corrected chi connectivity index (χ1v) is 8.06. The van der Waals surface area contributed by atoms with Crippen molar-refractivity contribution >= 4 is 17.9 Å². The summed E-state index contributed by atoms with van der Waals surface area (Å²) in [5.74, 6) is 0. The Balaban J connectivity index is 1.70. The van der Waals surface area contributed by atoms with Gasteiger partial charge in [-0.1, -0.05) is 59.6 Å². The molecule has 2 aromatic carbocycles. The molecule has 4 rings (SSSR count). The SMILES string of the molecule is Cc1ccc(C2(CN3C=NCN3)OC2c2ccccc2Cl)cc1. The molecule has 2 aliphatic heterocycles. The van der Waals surface area contributed by atoms with E-state index in [1.54, 1.807) is 0 Å². The van der Waals surface area contributed by atoms with Gasteiger partial charge in [-0.05, 0) is 18.6 Å². The number of nitrogens with one attached hydrogen (secondary N) is 1. The molecule has 2 aliphatic rings. The zero-order valence-electron chi connectivity index (χ0n) is 12.9. The first-order chi connectivity index (χ1) is 11.2. The second-order valence-electron chi connectivity index (χ2n) is 6.02. The van der Waals surface area contributed by atoms with Gasteiger partial charge in [-0.3, -0.25) is 10.0 Å². The van der Waals surface area contributed by atoms with Crippen molar-refractivity contribution in [1.82, 2.24) is 10.4 Å². The Labute approximate surface area is 140 Å². The summed E-state index contributed by atoms with van der Waals surface area (Å²) in [6, 6.07) is 16.4. The van der Waals surface area contributed by atoms with Gasteiger partial charge in [0.1, 0.15) is 24.7 Å². The summed E-state index contributed by atoms with van der Waals surface area (Å²) in [5, 5.41) is 2.73. The van der Waals surface area contributed by atoms with Crippen LogP contribution in [0.5, 0.6) is 0 Å². The minimum absolute atomic E-state index is 0.0466. The summed E-state index contributed by atoms with van der Waals surface area (Å²) >= 11 is 6.38. The average molecular weight is 328 g/mol. The summed E-state index contributed by atoms with van der Waals surface area (Å²) in [6.07, 6.45) is 1.77. The number of epoxide rings is 1. The number of hydrazine groups is 1. The third-order valence-electron chi connectivity index (χ3n) is 4.41. The number of halogens is 1. The van der Waals surface area contributed by atoms with Crippen LogP contribution in [-0.4, -0.2) is 24.6 Å². The maximum atomic E-state index is 6.38. The van der Waals surface area contributed by atoms with Gasteiger partial charge in [0.25, 0.3) is 0 Å². The highest BCUT2D eigenvalue weighted by Crippen LogP contribution is 2.58. The molecule has 0 radical (unpaired) electrons. The van der Waals surface area contributed by atoms with Gasteiger partial charge in [0, 0.05) is 10.6 Å². The largest absolute Gasteiger partial charge is 0.354 e. The van der Waals surface area contributed by atoms with Gasteiger partial charge in [-0.25, -0.2) is 5.43 Å². The maximum absolute atomic E-state index is 6.38. The molecule has 0 spiro atoms. The molecule has 0 aromatic heterocycles. The topological polar surface area (TPSA) is 40.2 Å². The summed E-state index contributed by atoms with van der Waals surface area (Å²) in [6.45, 7) is 3.39. The molecule has 1 N–H and O–H groups in total. The molecule has 1 fully saturated rings. The molecule has 0 aliphatic carbocycles. The van der Waals surface area contributed by atoms with Gasteiger partial charge >= 0.3 is 0 Å². The van der Waals surface area contributed by atoms with E-state index in [0.717, 1.165) is 16.1 Å². The van der Waals surface area contributed by atoms with Gasteiger partial charge in [0.15, 0.2) is 0 Å². The van der Waals surface area contributed by atoms with Crippen molar-refractivity contribution in [3.63, 3.8) is 0 Å². The van der Waals surface area contributed by atoms with Crippen LogP contribution < -0.4 is 5.43 Å². The van der Waals surface area contributed by atoms with Crippen LogP contribution in [0.2, 0.25) is 5.02 Å². The Morgan fingerprint density at radius 3 is 2.74 bits per heavy atom. The van der Waals surface area contributed by atoms with E-state index in [2.05, 4.69) is 41.6 Å². The lowest BCUT2D eigenvalue weighted by molar-refractivity contribution is 0.220. The standard InChI is InChI=1S/C18H18ClN3O/c1-13-6-8-14(9-7-13)18(10-22-12-20-11-21-22)17(23-18)15-4-2-3-5-16(15)19/h2-9,12,17,21H,10-11H2,1H3. The minimum Gasteiger partial charge on any atom is -0.354 e. The fraction of sp³-hybridized carbons (Fsp3) is 0.278. The molecule has 0 bridgehead atoms. The highest BCUT2D eigenvalue weighted by Gasteiger charge is 2.60. The lowest BCUT2D eigenvalue weighted by Crippen LogP contribution is -2.39. The highest BCUT2D eigenvalue weighted by molar-refractivity contribution is 6.31. The van der Waals surface area contributed by atoms with Crippen LogP contribution in [0, 0.1) is 6.92 Å². The second-order valence-corrected chi connectivity index (χ2v) is 6.42. The molecule has 4 nitrogen and oxygen atoms in total. The number of aryl methyl sites for hydroxylation is 1. The maximum Gasteiger partial charge on any atom is 0.143 e. The van der Waals surface area contributed by atoms with Gasteiger partial charge in [0.05, 0.1) is 6.54 Å². The molecule has 0 amide bonds. The van der Waals surface area contributed by atoms with E-state index in [9.17, 15) is 0 Å². The molecule has 1 saturated heterocycles. The Kier molecular flexibility index (Phi) is 3.60. The molecular weight excluding hydrogens is 310 g/mol. The van der Waals surface area contributed by atoms with Crippen molar-refractivity contribution in [3.8, 4) is 0 Å². The lowest BCUT2D eigenvalue weighted by Gasteiger charge is -2.21. The second kappa shape index (κ2) is 5.64. The van der Waals surface area contributed by atoms with Crippen LogP contribution in [0.15, 0.2) is 53.5 Å².